The van der Waals surface area contributed by atoms with Gasteiger partial charge < -0.3 is 9.31 Å². The highest BCUT2D eigenvalue weighted by Gasteiger charge is 2.52. The average Bonchev–Trinajstić information content (AvgIpc) is 2.81. The minimum atomic E-state index is -0.457. The van der Waals surface area contributed by atoms with Gasteiger partial charge in [0.1, 0.15) is 0 Å². The van der Waals surface area contributed by atoms with E-state index in [1.165, 1.54) is 28.1 Å². The fourth-order valence-electron chi connectivity index (χ4n) is 3.16. The Labute approximate surface area is 166 Å². The highest BCUT2D eigenvalue weighted by atomic mass is 32.2. The van der Waals surface area contributed by atoms with E-state index in [-0.39, 0.29) is 5.12 Å². The summed E-state index contributed by atoms with van der Waals surface area (Å²) in [6.07, 6.45) is 2.12. The largest absolute Gasteiger partial charge is 0.491 e. The molecule has 0 saturated carbocycles. The van der Waals surface area contributed by atoms with Gasteiger partial charge in [0, 0.05) is 12.7 Å². The highest BCUT2D eigenvalue weighted by molar-refractivity contribution is 8.13. The standard InChI is InChI=1S/C22H27BO3S/c1-15-11-12-17(20-10-8-7-9-19(15)20)13-18(14-27-16(2)24)23-25-21(3,4)22(5,6)26-23/h7-13H,14H2,1-6H3. The van der Waals surface area contributed by atoms with Gasteiger partial charge in [-0.25, -0.2) is 0 Å². The molecule has 2 aromatic carbocycles. The van der Waals surface area contributed by atoms with Crippen molar-refractivity contribution in [3.05, 3.63) is 53.0 Å². The second kappa shape index (κ2) is 7.46. The van der Waals surface area contributed by atoms with Crippen molar-refractivity contribution in [1.29, 1.82) is 0 Å². The lowest BCUT2D eigenvalue weighted by Crippen LogP contribution is -2.41. The first-order valence-corrected chi connectivity index (χ1v) is 10.3. The van der Waals surface area contributed by atoms with Gasteiger partial charge in [-0.3, -0.25) is 4.79 Å². The smallest absolute Gasteiger partial charge is 0.400 e. The zero-order chi connectivity index (χ0) is 19.8. The maximum Gasteiger partial charge on any atom is 0.491 e. The van der Waals surface area contributed by atoms with Gasteiger partial charge in [-0.15, -0.1) is 0 Å². The molecule has 1 aliphatic heterocycles. The van der Waals surface area contributed by atoms with Gasteiger partial charge in [0.2, 0.25) is 0 Å². The molecule has 1 heterocycles. The van der Waals surface area contributed by atoms with Crippen molar-refractivity contribution in [3.8, 4) is 0 Å². The van der Waals surface area contributed by atoms with Gasteiger partial charge in [-0.05, 0) is 62.0 Å². The molecule has 3 rings (SSSR count). The maximum absolute atomic E-state index is 11.6. The second-order valence-corrected chi connectivity index (χ2v) is 9.26. The third kappa shape index (κ3) is 4.15. The number of hydrogen-bond acceptors (Lipinski definition) is 4. The zero-order valence-electron chi connectivity index (χ0n) is 17.0. The van der Waals surface area contributed by atoms with E-state index in [0.717, 1.165) is 11.0 Å². The molecule has 0 aromatic heterocycles. The molecule has 0 atom stereocenters. The maximum atomic E-state index is 11.6. The summed E-state index contributed by atoms with van der Waals surface area (Å²) in [6.45, 7) is 11.9. The van der Waals surface area contributed by atoms with Gasteiger partial charge in [0.05, 0.1) is 11.2 Å². The topological polar surface area (TPSA) is 35.5 Å². The molecule has 0 unspecified atom stereocenters. The molecule has 0 spiro atoms. The number of rotatable bonds is 4. The zero-order valence-corrected chi connectivity index (χ0v) is 17.8. The Kier molecular flexibility index (Phi) is 5.58. The van der Waals surface area contributed by atoms with Crippen LogP contribution in [0.1, 0.15) is 45.7 Å². The lowest BCUT2D eigenvalue weighted by atomic mass is 9.78. The Morgan fingerprint density at radius 3 is 2.22 bits per heavy atom. The van der Waals surface area contributed by atoms with Crippen LogP contribution in [-0.4, -0.2) is 29.2 Å². The van der Waals surface area contributed by atoms with E-state index in [2.05, 4.69) is 49.4 Å². The highest BCUT2D eigenvalue weighted by Crippen LogP contribution is 2.39. The van der Waals surface area contributed by atoms with Crippen LogP contribution in [-0.2, 0) is 14.1 Å². The van der Waals surface area contributed by atoms with Gasteiger partial charge in [0.25, 0.3) is 0 Å². The summed E-state index contributed by atoms with van der Waals surface area (Å²) < 4.78 is 12.5. The molecule has 0 bridgehead atoms. The fourth-order valence-corrected chi connectivity index (χ4v) is 3.75. The second-order valence-electron chi connectivity index (χ2n) is 8.11. The van der Waals surface area contributed by atoms with E-state index in [1.807, 2.05) is 27.7 Å². The Bertz CT molecular complexity index is 886. The Balaban J connectivity index is 2.04. The van der Waals surface area contributed by atoms with Crippen LogP contribution in [0, 0.1) is 6.92 Å². The molecule has 1 aliphatic rings. The predicted octanol–water partition coefficient (Wildman–Crippen LogP) is 5.44. The van der Waals surface area contributed by atoms with Crippen molar-refractivity contribution >= 4 is 40.8 Å². The molecular formula is C22H27BO3S. The quantitative estimate of drug-likeness (QED) is 0.660. The van der Waals surface area contributed by atoms with Gasteiger partial charge >= 0.3 is 7.12 Å². The average molecular weight is 382 g/mol. The lowest BCUT2D eigenvalue weighted by molar-refractivity contribution is -0.109. The van der Waals surface area contributed by atoms with Crippen molar-refractivity contribution < 1.29 is 14.1 Å². The summed E-state index contributed by atoms with van der Waals surface area (Å²) in [4.78, 5) is 11.6. The van der Waals surface area contributed by atoms with E-state index in [0.29, 0.717) is 5.75 Å². The van der Waals surface area contributed by atoms with Crippen molar-refractivity contribution in [2.24, 2.45) is 0 Å². The van der Waals surface area contributed by atoms with E-state index in [9.17, 15) is 4.79 Å². The predicted molar refractivity (Wildman–Crippen MR) is 116 cm³/mol. The number of hydrogen-bond donors (Lipinski definition) is 0. The number of carbonyl (C=O) groups is 1. The van der Waals surface area contributed by atoms with Crippen LogP contribution in [0.25, 0.3) is 16.8 Å². The number of benzene rings is 2. The van der Waals surface area contributed by atoms with Crippen LogP contribution in [0.3, 0.4) is 0 Å². The summed E-state index contributed by atoms with van der Waals surface area (Å²) in [5, 5.41) is 2.52. The monoisotopic (exact) mass is 382 g/mol. The summed E-state index contributed by atoms with van der Waals surface area (Å²) in [5.41, 5.74) is 2.52. The summed E-state index contributed by atoms with van der Waals surface area (Å²) in [5.74, 6) is 0.550. The molecule has 0 aliphatic carbocycles. The van der Waals surface area contributed by atoms with E-state index in [4.69, 9.17) is 9.31 Å². The van der Waals surface area contributed by atoms with Crippen molar-refractivity contribution in [1.82, 2.24) is 0 Å². The van der Waals surface area contributed by atoms with Gasteiger partial charge in [-0.2, -0.15) is 0 Å². The van der Waals surface area contributed by atoms with Gasteiger partial charge in [0.15, 0.2) is 5.12 Å². The Hall–Kier alpha value is -1.56. The molecule has 27 heavy (non-hydrogen) atoms. The number of fused-ring (bicyclic) bond motifs is 1. The molecule has 5 heteroatoms. The molecular weight excluding hydrogens is 355 g/mol. The first kappa shape index (κ1) is 20.2. The normalized spacial score (nSPS) is 18.9. The van der Waals surface area contributed by atoms with Crippen molar-refractivity contribution in [3.63, 3.8) is 0 Å². The van der Waals surface area contributed by atoms with E-state index >= 15 is 0 Å². The fraction of sp³-hybridized carbons (Fsp3) is 0.409. The van der Waals surface area contributed by atoms with Crippen LogP contribution in [0.2, 0.25) is 0 Å². The SMILES string of the molecule is CC(=O)SCC(=Cc1ccc(C)c2ccccc12)B1OC(C)(C)C(C)(C)O1. The van der Waals surface area contributed by atoms with Crippen LogP contribution >= 0.6 is 11.8 Å². The van der Waals surface area contributed by atoms with E-state index in [1.54, 1.807) is 6.92 Å². The molecule has 0 N–H and O–H groups in total. The van der Waals surface area contributed by atoms with Crippen LogP contribution < -0.4 is 0 Å². The van der Waals surface area contributed by atoms with Crippen LogP contribution in [0.15, 0.2) is 41.9 Å². The summed E-state index contributed by atoms with van der Waals surface area (Å²) in [7, 11) is -0.457. The third-order valence-electron chi connectivity index (χ3n) is 5.51. The molecule has 142 valence electrons. The molecule has 2 aromatic rings. The summed E-state index contributed by atoms with van der Waals surface area (Å²) >= 11 is 1.29. The number of aryl methyl sites for hydroxylation is 1. The first-order chi connectivity index (χ1) is 12.6. The molecule has 3 nitrogen and oxygen atoms in total. The first-order valence-electron chi connectivity index (χ1n) is 9.28. The molecule has 0 radical (unpaired) electrons. The Morgan fingerprint density at radius 1 is 1.04 bits per heavy atom. The molecule has 1 fully saturated rings. The molecule has 1 saturated heterocycles. The minimum Gasteiger partial charge on any atom is -0.400 e. The molecule has 0 amide bonds. The number of carbonyl (C=O) groups excluding carboxylic acids is 1. The van der Waals surface area contributed by atoms with Crippen molar-refractivity contribution in [2.75, 3.05) is 5.75 Å². The van der Waals surface area contributed by atoms with Crippen molar-refractivity contribution in [2.45, 2.75) is 52.7 Å². The summed E-state index contributed by atoms with van der Waals surface area (Å²) in [6, 6.07) is 12.6. The lowest BCUT2D eigenvalue weighted by Gasteiger charge is -2.32. The Morgan fingerprint density at radius 2 is 1.63 bits per heavy atom. The third-order valence-corrected chi connectivity index (χ3v) is 6.40. The van der Waals surface area contributed by atoms with Crippen LogP contribution in [0.4, 0.5) is 0 Å². The van der Waals surface area contributed by atoms with Gasteiger partial charge in [-0.1, -0.05) is 54.2 Å². The van der Waals surface area contributed by atoms with E-state index < -0.39 is 18.3 Å². The minimum absolute atomic E-state index is 0.0891. The van der Waals surface area contributed by atoms with Crippen LogP contribution in [0.5, 0.6) is 0 Å². The number of thioether (sulfide) groups is 1.